The first kappa shape index (κ1) is 24.0. The molecule has 0 atom stereocenters. The summed E-state index contributed by atoms with van der Waals surface area (Å²) in [7, 11) is -3.65. The number of nitrogens with one attached hydrogen (secondary N) is 1. The molecule has 0 spiro atoms. The van der Waals surface area contributed by atoms with Crippen molar-refractivity contribution in [1.29, 1.82) is 0 Å². The Labute approximate surface area is 192 Å². The third-order valence-corrected chi connectivity index (χ3v) is 7.20. The SMILES string of the molecule is CCOc1ccc(S(=O)(=O)N2CCC(C(=O)OCC(=O)Nc3ccc(Cl)cc3)CC2)cc1. The Kier molecular flexibility index (Phi) is 8.11. The number of benzene rings is 2. The van der Waals surface area contributed by atoms with Gasteiger partial charge >= 0.3 is 5.97 Å². The highest BCUT2D eigenvalue weighted by Gasteiger charge is 2.33. The number of anilines is 1. The molecule has 0 aliphatic carbocycles. The highest BCUT2D eigenvalue weighted by Crippen LogP contribution is 2.26. The Balaban J connectivity index is 1.47. The molecule has 0 radical (unpaired) electrons. The zero-order valence-corrected chi connectivity index (χ0v) is 19.2. The summed E-state index contributed by atoms with van der Waals surface area (Å²) in [6.07, 6.45) is 0.655. The van der Waals surface area contributed by atoms with Gasteiger partial charge in [0.1, 0.15) is 5.75 Å². The molecule has 8 nitrogen and oxygen atoms in total. The van der Waals surface area contributed by atoms with Crippen molar-refractivity contribution in [3.05, 3.63) is 53.6 Å². The molecule has 1 saturated heterocycles. The van der Waals surface area contributed by atoms with Crippen molar-refractivity contribution in [2.75, 3.05) is 31.6 Å². The molecule has 1 N–H and O–H groups in total. The van der Waals surface area contributed by atoms with E-state index in [1.54, 1.807) is 36.4 Å². The number of rotatable bonds is 8. The van der Waals surface area contributed by atoms with E-state index in [1.807, 2.05) is 6.92 Å². The van der Waals surface area contributed by atoms with E-state index in [9.17, 15) is 18.0 Å². The minimum atomic E-state index is -3.65. The van der Waals surface area contributed by atoms with Gasteiger partial charge in [0.05, 0.1) is 17.4 Å². The molecule has 1 heterocycles. The number of esters is 1. The Morgan fingerprint density at radius 3 is 2.28 bits per heavy atom. The summed E-state index contributed by atoms with van der Waals surface area (Å²) in [4.78, 5) is 24.5. The first-order valence-corrected chi connectivity index (χ1v) is 12.1. The van der Waals surface area contributed by atoms with Gasteiger partial charge in [-0.05, 0) is 68.3 Å². The average Bonchev–Trinajstić information content (AvgIpc) is 2.80. The predicted molar refractivity (Wildman–Crippen MR) is 120 cm³/mol. The lowest BCUT2D eigenvalue weighted by Gasteiger charge is -2.30. The van der Waals surface area contributed by atoms with Crippen molar-refractivity contribution >= 4 is 39.2 Å². The number of carbonyl (C=O) groups excluding carboxylic acids is 2. The Morgan fingerprint density at radius 1 is 1.06 bits per heavy atom. The third-order valence-electron chi connectivity index (χ3n) is 5.03. The molecule has 2 aromatic rings. The number of piperidine rings is 1. The van der Waals surface area contributed by atoms with Gasteiger partial charge < -0.3 is 14.8 Å². The Morgan fingerprint density at radius 2 is 1.69 bits per heavy atom. The predicted octanol–water partition coefficient (Wildman–Crippen LogP) is 3.32. The van der Waals surface area contributed by atoms with Gasteiger partial charge in [-0.3, -0.25) is 9.59 Å². The smallest absolute Gasteiger partial charge is 0.309 e. The molecule has 0 bridgehead atoms. The molecule has 3 rings (SSSR count). The van der Waals surface area contributed by atoms with Gasteiger partial charge in [-0.15, -0.1) is 0 Å². The van der Waals surface area contributed by atoms with E-state index in [1.165, 1.54) is 16.4 Å². The maximum Gasteiger partial charge on any atom is 0.309 e. The van der Waals surface area contributed by atoms with Gasteiger partial charge in [0.25, 0.3) is 5.91 Å². The van der Waals surface area contributed by atoms with Crippen molar-refractivity contribution in [2.45, 2.75) is 24.7 Å². The summed E-state index contributed by atoms with van der Waals surface area (Å²) < 4.78 is 37.5. The van der Waals surface area contributed by atoms with Crippen LogP contribution in [0.3, 0.4) is 0 Å². The fraction of sp³-hybridized carbons (Fsp3) is 0.364. The molecule has 0 unspecified atom stereocenters. The number of halogens is 1. The van der Waals surface area contributed by atoms with Crippen molar-refractivity contribution in [2.24, 2.45) is 5.92 Å². The molecule has 0 saturated carbocycles. The monoisotopic (exact) mass is 480 g/mol. The fourth-order valence-electron chi connectivity index (χ4n) is 3.34. The normalized spacial score (nSPS) is 15.2. The second-order valence-electron chi connectivity index (χ2n) is 7.25. The van der Waals surface area contributed by atoms with Gasteiger partial charge in [0.15, 0.2) is 6.61 Å². The maximum atomic E-state index is 12.9. The minimum absolute atomic E-state index is 0.181. The lowest BCUT2D eigenvalue weighted by atomic mass is 9.98. The number of ether oxygens (including phenoxy) is 2. The number of hydrogen-bond donors (Lipinski definition) is 1. The minimum Gasteiger partial charge on any atom is -0.494 e. The molecule has 2 aromatic carbocycles. The summed E-state index contributed by atoms with van der Waals surface area (Å²) in [5.74, 6) is -0.816. The third kappa shape index (κ3) is 6.21. The van der Waals surface area contributed by atoms with Crippen LogP contribution in [-0.4, -0.2) is 50.9 Å². The van der Waals surface area contributed by atoms with E-state index in [0.717, 1.165) is 0 Å². The van der Waals surface area contributed by atoms with E-state index < -0.39 is 34.4 Å². The quantitative estimate of drug-likeness (QED) is 0.581. The lowest BCUT2D eigenvalue weighted by molar-refractivity contribution is -0.152. The van der Waals surface area contributed by atoms with Gasteiger partial charge in [0.2, 0.25) is 10.0 Å². The van der Waals surface area contributed by atoms with Crippen LogP contribution in [0.5, 0.6) is 5.75 Å². The molecular weight excluding hydrogens is 456 g/mol. The number of sulfonamides is 1. The van der Waals surface area contributed by atoms with Crippen LogP contribution in [-0.2, 0) is 24.3 Å². The van der Waals surface area contributed by atoms with Crippen LogP contribution in [0.25, 0.3) is 0 Å². The lowest BCUT2D eigenvalue weighted by Crippen LogP contribution is -2.40. The molecule has 172 valence electrons. The zero-order chi connectivity index (χ0) is 23.1. The summed E-state index contributed by atoms with van der Waals surface area (Å²) in [5.41, 5.74) is 0.545. The molecule has 1 fully saturated rings. The van der Waals surface area contributed by atoms with Crippen LogP contribution in [0.15, 0.2) is 53.4 Å². The van der Waals surface area contributed by atoms with Crippen molar-refractivity contribution in [3.63, 3.8) is 0 Å². The molecule has 10 heteroatoms. The number of hydrogen-bond acceptors (Lipinski definition) is 6. The molecular formula is C22H25ClN2O6S. The van der Waals surface area contributed by atoms with Crippen molar-refractivity contribution < 1.29 is 27.5 Å². The molecule has 1 amide bonds. The van der Waals surface area contributed by atoms with Crippen molar-refractivity contribution in [3.8, 4) is 5.75 Å². The van der Waals surface area contributed by atoms with Crippen molar-refractivity contribution in [1.82, 2.24) is 4.31 Å². The Hall–Kier alpha value is -2.62. The van der Waals surface area contributed by atoms with E-state index >= 15 is 0 Å². The van der Waals surface area contributed by atoms with Crippen LogP contribution in [0.1, 0.15) is 19.8 Å². The first-order chi connectivity index (χ1) is 15.3. The van der Waals surface area contributed by atoms with E-state index in [0.29, 0.717) is 35.9 Å². The summed E-state index contributed by atoms with van der Waals surface area (Å²) in [6, 6.07) is 12.8. The Bertz CT molecular complexity index is 1030. The zero-order valence-electron chi connectivity index (χ0n) is 17.6. The van der Waals surface area contributed by atoms with Gasteiger partial charge in [0, 0.05) is 23.8 Å². The van der Waals surface area contributed by atoms with E-state index in [2.05, 4.69) is 5.32 Å². The van der Waals surface area contributed by atoms with Crippen LogP contribution >= 0.6 is 11.6 Å². The molecule has 1 aliphatic rings. The fourth-order valence-corrected chi connectivity index (χ4v) is 4.94. The van der Waals surface area contributed by atoms with Crippen LogP contribution in [0.2, 0.25) is 5.02 Å². The van der Waals surface area contributed by atoms with Crippen LogP contribution in [0, 0.1) is 5.92 Å². The highest BCUT2D eigenvalue weighted by atomic mass is 35.5. The van der Waals surface area contributed by atoms with Gasteiger partial charge in [-0.1, -0.05) is 11.6 Å². The van der Waals surface area contributed by atoms with Crippen LogP contribution in [0.4, 0.5) is 5.69 Å². The van der Waals surface area contributed by atoms with E-state index in [-0.39, 0.29) is 18.0 Å². The first-order valence-electron chi connectivity index (χ1n) is 10.2. The number of carbonyl (C=O) groups is 2. The second-order valence-corrected chi connectivity index (χ2v) is 9.62. The topological polar surface area (TPSA) is 102 Å². The second kappa shape index (κ2) is 10.8. The molecule has 0 aromatic heterocycles. The highest BCUT2D eigenvalue weighted by molar-refractivity contribution is 7.89. The average molecular weight is 481 g/mol. The summed E-state index contributed by atoms with van der Waals surface area (Å²) >= 11 is 5.80. The summed E-state index contributed by atoms with van der Waals surface area (Å²) in [5, 5.41) is 3.16. The van der Waals surface area contributed by atoms with Gasteiger partial charge in [-0.2, -0.15) is 4.31 Å². The van der Waals surface area contributed by atoms with E-state index in [4.69, 9.17) is 21.1 Å². The largest absolute Gasteiger partial charge is 0.494 e. The standard InChI is InChI=1S/C22H25ClN2O6S/c1-2-30-19-7-9-20(10-8-19)32(28,29)25-13-11-16(12-14-25)22(27)31-15-21(26)24-18-5-3-17(23)4-6-18/h3-10,16H,2,11-15H2,1H3,(H,24,26). The molecule has 1 aliphatic heterocycles. The maximum absolute atomic E-state index is 12.9. The number of amides is 1. The summed E-state index contributed by atoms with van der Waals surface area (Å²) in [6.45, 7) is 2.34. The van der Waals surface area contributed by atoms with Crippen LogP contribution < -0.4 is 10.1 Å². The molecule has 32 heavy (non-hydrogen) atoms. The van der Waals surface area contributed by atoms with Gasteiger partial charge in [-0.25, -0.2) is 8.42 Å². The number of nitrogens with zero attached hydrogens (tertiary/aromatic N) is 1.